The predicted octanol–water partition coefficient (Wildman–Crippen LogP) is 3.03. The van der Waals surface area contributed by atoms with Crippen molar-refractivity contribution in [2.24, 2.45) is 5.92 Å². The SMILES string of the molecule is CCn1c(C(=O)NC2CCCCC2C(=O)O)cc2ccccc21. The molecule has 0 saturated heterocycles. The normalized spacial score (nSPS) is 21.3. The van der Waals surface area contributed by atoms with Gasteiger partial charge in [-0.2, -0.15) is 0 Å². The highest BCUT2D eigenvalue weighted by Gasteiger charge is 2.32. The number of aryl methyl sites for hydroxylation is 1. The van der Waals surface area contributed by atoms with Crippen molar-refractivity contribution in [3.63, 3.8) is 0 Å². The summed E-state index contributed by atoms with van der Waals surface area (Å²) in [5.74, 6) is -1.47. The molecule has 2 N–H and O–H groups in total. The van der Waals surface area contributed by atoms with E-state index in [1.807, 2.05) is 41.8 Å². The number of carbonyl (C=O) groups excluding carboxylic acids is 1. The van der Waals surface area contributed by atoms with Gasteiger partial charge in [-0.25, -0.2) is 0 Å². The van der Waals surface area contributed by atoms with Crippen LogP contribution in [0, 0.1) is 5.92 Å². The summed E-state index contributed by atoms with van der Waals surface area (Å²) in [5, 5.41) is 13.3. The quantitative estimate of drug-likeness (QED) is 0.911. The number of nitrogens with zero attached hydrogens (tertiary/aromatic N) is 1. The number of carboxylic acid groups (broad SMARTS) is 1. The van der Waals surface area contributed by atoms with Gasteiger partial charge in [-0.1, -0.05) is 31.0 Å². The van der Waals surface area contributed by atoms with Gasteiger partial charge in [0.15, 0.2) is 0 Å². The molecule has 2 aromatic rings. The van der Waals surface area contributed by atoms with Gasteiger partial charge in [0, 0.05) is 23.5 Å². The molecule has 2 unspecified atom stereocenters. The smallest absolute Gasteiger partial charge is 0.308 e. The van der Waals surface area contributed by atoms with Crippen LogP contribution in [0.3, 0.4) is 0 Å². The molecular weight excluding hydrogens is 292 g/mol. The van der Waals surface area contributed by atoms with Crippen LogP contribution >= 0.6 is 0 Å². The van der Waals surface area contributed by atoms with E-state index < -0.39 is 11.9 Å². The Hall–Kier alpha value is -2.30. The largest absolute Gasteiger partial charge is 0.481 e. The van der Waals surface area contributed by atoms with Crippen molar-refractivity contribution in [1.29, 1.82) is 0 Å². The van der Waals surface area contributed by atoms with Gasteiger partial charge in [0.2, 0.25) is 0 Å². The highest BCUT2D eigenvalue weighted by Crippen LogP contribution is 2.26. The van der Waals surface area contributed by atoms with Crippen molar-refractivity contribution in [1.82, 2.24) is 9.88 Å². The monoisotopic (exact) mass is 314 g/mol. The van der Waals surface area contributed by atoms with E-state index in [9.17, 15) is 14.7 Å². The Morgan fingerprint density at radius 2 is 2.00 bits per heavy atom. The summed E-state index contributed by atoms with van der Waals surface area (Å²) in [6.45, 7) is 2.70. The number of aliphatic carboxylic acids is 1. The lowest BCUT2D eigenvalue weighted by molar-refractivity contribution is -0.143. The first-order chi connectivity index (χ1) is 11.1. The fourth-order valence-corrected chi connectivity index (χ4v) is 3.58. The third-order valence-corrected chi connectivity index (χ3v) is 4.76. The number of aromatic nitrogens is 1. The Bertz CT molecular complexity index is 735. The molecule has 1 aliphatic carbocycles. The first-order valence-electron chi connectivity index (χ1n) is 8.23. The van der Waals surface area contributed by atoms with E-state index in [-0.39, 0.29) is 11.9 Å². The average Bonchev–Trinajstić information content (AvgIpc) is 2.93. The third kappa shape index (κ3) is 2.96. The summed E-state index contributed by atoms with van der Waals surface area (Å²) in [4.78, 5) is 24.1. The average molecular weight is 314 g/mol. The molecule has 1 aromatic carbocycles. The number of para-hydroxylation sites is 1. The molecule has 0 spiro atoms. The lowest BCUT2D eigenvalue weighted by Crippen LogP contribution is -2.45. The van der Waals surface area contributed by atoms with Crippen LogP contribution in [0.15, 0.2) is 30.3 Å². The van der Waals surface area contributed by atoms with Crippen LogP contribution in [-0.2, 0) is 11.3 Å². The highest BCUT2D eigenvalue weighted by atomic mass is 16.4. The molecule has 1 amide bonds. The van der Waals surface area contributed by atoms with Crippen molar-refractivity contribution in [3.8, 4) is 0 Å². The van der Waals surface area contributed by atoms with Crippen LogP contribution in [0.1, 0.15) is 43.1 Å². The minimum absolute atomic E-state index is 0.179. The molecule has 1 saturated carbocycles. The molecule has 2 atom stereocenters. The number of benzene rings is 1. The second-order valence-corrected chi connectivity index (χ2v) is 6.14. The summed E-state index contributed by atoms with van der Waals surface area (Å²) in [7, 11) is 0. The molecule has 0 aliphatic heterocycles. The van der Waals surface area contributed by atoms with Gasteiger partial charge >= 0.3 is 5.97 Å². The van der Waals surface area contributed by atoms with Gasteiger partial charge in [0.1, 0.15) is 5.69 Å². The predicted molar refractivity (Wildman–Crippen MR) is 88.5 cm³/mol. The summed E-state index contributed by atoms with van der Waals surface area (Å²) in [6.07, 6.45) is 3.25. The standard InChI is InChI=1S/C18H22N2O3/c1-2-20-15-10-6-3-7-12(15)11-16(20)17(21)19-14-9-5-4-8-13(14)18(22)23/h3,6-7,10-11,13-14H,2,4-5,8-9H2,1H3,(H,19,21)(H,22,23). The Kier molecular flexibility index (Phi) is 4.37. The van der Waals surface area contributed by atoms with E-state index in [0.717, 1.165) is 30.2 Å². The summed E-state index contributed by atoms with van der Waals surface area (Å²) in [6, 6.07) is 9.49. The van der Waals surface area contributed by atoms with E-state index >= 15 is 0 Å². The Labute approximate surface area is 135 Å². The van der Waals surface area contributed by atoms with E-state index in [1.54, 1.807) is 0 Å². The number of amides is 1. The fourth-order valence-electron chi connectivity index (χ4n) is 3.58. The van der Waals surface area contributed by atoms with Crippen LogP contribution in [0.25, 0.3) is 10.9 Å². The summed E-state index contributed by atoms with van der Waals surface area (Å²) >= 11 is 0. The van der Waals surface area contributed by atoms with Crippen molar-refractivity contribution in [2.75, 3.05) is 0 Å². The fraction of sp³-hybridized carbons (Fsp3) is 0.444. The number of hydrogen-bond acceptors (Lipinski definition) is 2. The van der Waals surface area contributed by atoms with Crippen LogP contribution in [0.2, 0.25) is 0 Å². The highest BCUT2D eigenvalue weighted by molar-refractivity contribution is 5.99. The molecule has 5 nitrogen and oxygen atoms in total. The van der Waals surface area contributed by atoms with E-state index in [0.29, 0.717) is 18.7 Å². The lowest BCUT2D eigenvalue weighted by atomic mass is 9.84. The van der Waals surface area contributed by atoms with E-state index in [1.165, 1.54) is 0 Å². The van der Waals surface area contributed by atoms with Crippen LogP contribution in [-0.4, -0.2) is 27.6 Å². The minimum Gasteiger partial charge on any atom is -0.481 e. The molecule has 0 radical (unpaired) electrons. The number of nitrogens with one attached hydrogen (secondary N) is 1. The maximum Gasteiger partial charge on any atom is 0.308 e. The molecule has 1 fully saturated rings. The van der Waals surface area contributed by atoms with Crippen molar-refractivity contribution >= 4 is 22.8 Å². The molecule has 5 heteroatoms. The second kappa shape index (κ2) is 6.44. The number of carboxylic acids is 1. The zero-order valence-electron chi connectivity index (χ0n) is 13.3. The van der Waals surface area contributed by atoms with Crippen molar-refractivity contribution in [2.45, 2.75) is 45.2 Å². The lowest BCUT2D eigenvalue weighted by Gasteiger charge is -2.29. The first-order valence-corrected chi connectivity index (χ1v) is 8.23. The number of hydrogen-bond donors (Lipinski definition) is 2. The topological polar surface area (TPSA) is 71.3 Å². The minimum atomic E-state index is -0.814. The number of carbonyl (C=O) groups is 2. The molecule has 1 aromatic heterocycles. The van der Waals surface area contributed by atoms with E-state index in [2.05, 4.69) is 5.32 Å². The Morgan fingerprint density at radius 1 is 1.26 bits per heavy atom. The maximum atomic E-state index is 12.7. The molecule has 3 rings (SSSR count). The Balaban J connectivity index is 1.87. The molecule has 0 bridgehead atoms. The first kappa shape index (κ1) is 15.6. The molecule has 1 aliphatic rings. The van der Waals surface area contributed by atoms with Gasteiger partial charge in [0.05, 0.1) is 5.92 Å². The van der Waals surface area contributed by atoms with Gasteiger partial charge in [-0.3, -0.25) is 9.59 Å². The van der Waals surface area contributed by atoms with Gasteiger partial charge in [-0.05, 0) is 31.9 Å². The molecule has 1 heterocycles. The molecule has 122 valence electrons. The van der Waals surface area contributed by atoms with Crippen LogP contribution in [0.5, 0.6) is 0 Å². The van der Waals surface area contributed by atoms with Gasteiger partial charge < -0.3 is 15.0 Å². The zero-order chi connectivity index (χ0) is 16.4. The van der Waals surface area contributed by atoms with Gasteiger partial charge in [-0.15, -0.1) is 0 Å². The third-order valence-electron chi connectivity index (χ3n) is 4.76. The summed E-state index contributed by atoms with van der Waals surface area (Å²) in [5.41, 5.74) is 1.63. The van der Waals surface area contributed by atoms with Crippen molar-refractivity contribution < 1.29 is 14.7 Å². The zero-order valence-corrected chi connectivity index (χ0v) is 13.3. The number of fused-ring (bicyclic) bond motifs is 1. The van der Waals surface area contributed by atoms with E-state index in [4.69, 9.17) is 0 Å². The van der Waals surface area contributed by atoms with Crippen LogP contribution in [0.4, 0.5) is 0 Å². The second-order valence-electron chi connectivity index (χ2n) is 6.14. The van der Waals surface area contributed by atoms with Crippen LogP contribution < -0.4 is 5.32 Å². The molecule has 23 heavy (non-hydrogen) atoms. The number of rotatable bonds is 4. The maximum absolute atomic E-state index is 12.7. The molecular formula is C18H22N2O3. The van der Waals surface area contributed by atoms with Gasteiger partial charge in [0.25, 0.3) is 5.91 Å². The Morgan fingerprint density at radius 3 is 2.74 bits per heavy atom. The summed E-state index contributed by atoms with van der Waals surface area (Å²) < 4.78 is 1.98. The van der Waals surface area contributed by atoms with Crippen molar-refractivity contribution in [3.05, 3.63) is 36.0 Å².